The number of nitriles is 1. The molecule has 21 heavy (non-hydrogen) atoms. The third-order valence-electron chi connectivity index (χ3n) is 2.82. The fourth-order valence-corrected chi connectivity index (χ4v) is 1.66. The maximum Gasteiger partial charge on any atom is 0.408 e. The molecular weight excluding hydrogens is 272 g/mol. The molecule has 0 saturated heterocycles. The number of benzene rings is 1. The van der Waals surface area contributed by atoms with E-state index in [0.717, 1.165) is 5.56 Å². The van der Waals surface area contributed by atoms with Crippen LogP contribution in [0.15, 0.2) is 30.3 Å². The summed E-state index contributed by atoms with van der Waals surface area (Å²) in [6.07, 6.45) is -0.820. The van der Waals surface area contributed by atoms with Crippen molar-refractivity contribution < 1.29 is 19.4 Å². The van der Waals surface area contributed by atoms with Crippen molar-refractivity contribution in [2.24, 2.45) is 5.41 Å². The number of carboxylic acid groups (broad SMARTS) is 1. The number of rotatable bonds is 6. The van der Waals surface area contributed by atoms with Crippen LogP contribution in [0.5, 0.6) is 0 Å². The lowest BCUT2D eigenvalue weighted by molar-refractivity contribution is -0.140. The van der Waals surface area contributed by atoms with Crippen LogP contribution < -0.4 is 5.32 Å². The first kappa shape index (κ1) is 16.5. The van der Waals surface area contributed by atoms with Crippen LogP contribution in [-0.4, -0.2) is 23.2 Å². The summed E-state index contributed by atoms with van der Waals surface area (Å²) in [6, 6.07) is 9.89. The Morgan fingerprint density at radius 2 is 2.00 bits per heavy atom. The number of hydrogen-bond acceptors (Lipinski definition) is 4. The zero-order valence-electron chi connectivity index (χ0n) is 12.0. The Bertz CT molecular complexity index is 534. The van der Waals surface area contributed by atoms with Crippen molar-refractivity contribution in [3.05, 3.63) is 35.9 Å². The molecule has 1 atom stereocenters. The van der Waals surface area contributed by atoms with Crippen LogP contribution in [0.2, 0.25) is 0 Å². The van der Waals surface area contributed by atoms with E-state index < -0.39 is 23.5 Å². The van der Waals surface area contributed by atoms with E-state index in [1.807, 2.05) is 24.3 Å². The van der Waals surface area contributed by atoms with Crippen LogP contribution in [0.3, 0.4) is 0 Å². The molecule has 1 aromatic rings. The molecule has 0 aliphatic heterocycles. The summed E-state index contributed by atoms with van der Waals surface area (Å²) in [6.45, 7) is 3.28. The zero-order chi connectivity index (χ0) is 15.9. The molecule has 0 aliphatic rings. The van der Waals surface area contributed by atoms with Crippen LogP contribution >= 0.6 is 0 Å². The largest absolute Gasteiger partial charge is 0.480 e. The Morgan fingerprint density at radius 1 is 1.38 bits per heavy atom. The molecule has 1 rings (SSSR count). The van der Waals surface area contributed by atoms with Crippen molar-refractivity contribution >= 4 is 12.1 Å². The lowest BCUT2D eigenvalue weighted by atomic mass is 9.87. The van der Waals surface area contributed by atoms with E-state index >= 15 is 0 Å². The number of amides is 1. The number of carboxylic acids is 1. The standard InChI is InChI=1S/C15H18N2O4/c1-15(2,10-16)8-12(13(18)19)17-14(20)21-9-11-6-4-3-5-7-11/h3-7,12H,8-9H2,1-2H3,(H,17,20)(H,18,19). The molecule has 1 amide bonds. The highest BCUT2D eigenvalue weighted by Gasteiger charge is 2.29. The fraction of sp³-hybridized carbons (Fsp3) is 0.400. The van der Waals surface area contributed by atoms with E-state index in [1.165, 1.54) is 0 Å². The van der Waals surface area contributed by atoms with Crippen molar-refractivity contribution in [2.45, 2.75) is 32.9 Å². The third-order valence-corrected chi connectivity index (χ3v) is 2.82. The van der Waals surface area contributed by atoms with E-state index in [1.54, 1.807) is 26.0 Å². The van der Waals surface area contributed by atoms with Crippen molar-refractivity contribution in [3.8, 4) is 6.07 Å². The summed E-state index contributed by atoms with van der Waals surface area (Å²) in [5.74, 6) is -1.20. The SMILES string of the molecule is CC(C)(C#N)CC(NC(=O)OCc1ccccc1)C(=O)O. The Labute approximate surface area is 123 Å². The smallest absolute Gasteiger partial charge is 0.408 e. The summed E-state index contributed by atoms with van der Waals surface area (Å²) in [4.78, 5) is 22.7. The van der Waals surface area contributed by atoms with Gasteiger partial charge in [-0.15, -0.1) is 0 Å². The monoisotopic (exact) mass is 290 g/mol. The van der Waals surface area contributed by atoms with Crippen LogP contribution in [0.25, 0.3) is 0 Å². The molecule has 0 aliphatic carbocycles. The minimum absolute atomic E-state index is 0.000724. The average Bonchev–Trinajstić information content (AvgIpc) is 2.45. The van der Waals surface area contributed by atoms with E-state index in [9.17, 15) is 9.59 Å². The molecule has 0 aromatic heterocycles. The van der Waals surface area contributed by atoms with E-state index in [-0.39, 0.29) is 13.0 Å². The van der Waals surface area contributed by atoms with Crippen molar-refractivity contribution in [2.75, 3.05) is 0 Å². The lowest BCUT2D eigenvalue weighted by Gasteiger charge is -2.21. The summed E-state index contributed by atoms with van der Waals surface area (Å²) < 4.78 is 4.96. The van der Waals surface area contributed by atoms with Gasteiger partial charge in [-0.1, -0.05) is 30.3 Å². The summed E-state index contributed by atoms with van der Waals surface area (Å²) >= 11 is 0. The summed E-state index contributed by atoms with van der Waals surface area (Å²) in [5.41, 5.74) is -0.0488. The van der Waals surface area contributed by atoms with Gasteiger partial charge in [0.2, 0.25) is 0 Å². The highest BCUT2D eigenvalue weighted by molar-refractivity contribution is 5.79. The van der Waals surface area contributed by atoms with Gasteiger partial charge in [-0.25, -0.2) is 9.59 Å². The molecule has 0 spiro atoms. The van der Waals surface area contributed by atoms with E-state index in [4.69, 9.17) is 15.1 Å². The molecule has 6 nitrogen and oxygen atoms in total. The van der Waals surface area contributed by atoms with Gasteiger partial charge in [0.25, 0.3) is 0 Å². The quantitative estimate of drug-likeness (QED) is 0.837. The number of hydrogen-bond donors (Lipinski definition) is 2. The number of ether oxygens (including phenoxy) is 1. The highest BCUT2D eigenvalue weighted by Crippen LogP contribution is 2.21. The Hall–Kier alpha value is -2.55. The van der Waals surface area contributed by atoms with Crippen molar-refractivity contribution in [1.82, 2.24) is 5.32 Å². The molecule has 0 bridgehead atoms. The molecule has 1 aromatic carbocycles. The predicted molar refractivity (Wildman–Crippen MR) is 75.2 cm³/mol. The average molecular weight is 290 g/mol. The zero-order valence-corrected chi connectivity index (χ0v) is 12.0. The van der Waals surface area contributed by atoms with Gasteiger partial charge >= 0.3 is 12.1 Å². The Morgan fingerprint density at radius 3 is 2.52 bits per heavy atom. The number of aliphatic carboxylic acids is 1. The van der Waals surface area contributed by atoms with Crippen molar-refractivity contribution in [1.29, 1.82) is 5.26 Å². The summed E-state index contributed by atoms with van der Waals surface area (Å²) in [5, 5.41) is 20.3. The predicted octanol–water partition coefficient (Wildman–Crippen LogP) is 2.31. The number of nitrogens with zero attached hydrogens (tertiary/aromatic N) is 1. The topological polar surface area (TPSA) is 99.4 Å². The lowest BCUT2D eigenvalue weighted by Crippen LogP contribution is -2.43. The van der Waals surface area contributed by atoms with E-state index in [0.29, 0.717) is 0 Å². The van der Waals surface area contributed by atoms with Gasteiger partial charge in [0.15, 0.2) is 0 Å². The van der Waals surface area contributed by atoms with Gasteiger partial charge in [0, 0.05) is 0 Å². The van der Waals surface area contributed by atoms with Gasteiger partial charge in [0.05, 0.1) is 11.5 Å². The maximum atomic E-state index is 11.6. The number of alkyl carbamates (subject to hydrolysis) is 1. The normalized spacial score (nSPS) is 12.0. The molecule has 1 unspecified atom stereocenters. The maximum absolute atomic E-state index is 11.6. The molecule has 0 heterocycles. The molecule has 2 N–H and O–H groups in total. The minimum atomic E-state index is -1.20. The number of nitrogens with one attached hydrogen (secondary N) is 1. The van der Waals surface area contributed by atoms with Gasteiger partial charge < -0.3 is 15.2 Å². The molecule has 0 radical (unpaired) electrons. The molecule has 112 valence electrons. The number of carbonyl (C=O) groups is 2. The minimum Gasteiger partial charge on any atom is -0.480 e. The van der Waals surface area contributed by atoms with Crippen LogP contribution in [0.4, 0.5) is 4.79 Å². The second-order valence-corrected chi connectivity index (χ2v) is 5.30. The fourth-order valence-electron chi connectivity index (χ4n) is 1.66. The molecule has 0 fully saturated rings. The van der Waals surface area contributed by atoms with Crippen LogP contribution in [0, 0.1) is 16.7 Å². The number of carbonyl (C=O) groups excluding carboxylic acids is 1. The molecule has 6 heteroatoms. The Balaban J connectivity index is 2.54. The van der Waals surface area contributed by atoms with E-state index in [2.05, 4.69) is 5.32 Å². The van der Waals surface area contributed by atoms with Gasteiger partial charge in [-0.3, -0.25) is 0 Å². The second-order valence-electron chi connectivity index (χ2n) is 5.30. The van der Waals surface area contributed by atoms with Gasteiger partial charge in [-0.2, -0.15) is 5.26 Å². The third kappa shape index (κ3) is 5.95. The first-order valence-electron chi connectivity index (χ1n) is 6.45. The molecule has 0 saturated carbocycles. The summed E-state index contributed by atoms with van der Waals surface area (Å²) in [7, 11) is 0. The first-order valence-corrected chi connectivity index (χ1v) is 6.45. The second kappa shape index (κ2) is 7.29. The van der Waals surface area contributed by atoms with Crippen LogP contribution in [-0.2, 0) is 16.1 Å². The van der Waals surface area contributed by atoms with Crippen molar-refractivity contribution in [3.63, 3.8) is 0 Å². The first-order chi connectivity index (χ1) is 9.84. The van der Waals surface area contributed by atoms with Gasteiger partial charge in [-0.05, 0) is 25.8 Å². The van der Waals surface area contributed by atoms with Crippen LogP contribution in [0.1, 0.15) is 25.8 Å². The highest BCUT2D eigenvalue weighted by atomic mass is 16.5. The molecular formula is C15H18N2O4. The van der Waals surface area contributed by atoms with Gasteiger partial charge in [0.1, 0.15) is 12.6 Å². The Kier molecular flexibility index (Phi) is 5.73.